The van der Waals surface area contributed by atoms with Crippen molar-refractivity contribution in [1.29, 1.82) is 0 Å². The molecule has 196 valence electrons. The molecule has 0 atom stereocenters. The van der Waals surface area contributed by atoms with Crippen molar-refractivity contribution >= 4 is 32.4 Å². The molecular weight excluding hydrogens is 500 g/mol. The first kappa shape index (κ1) is 24.8. The number of benzene rings is 1. The van der Waals surface area contributed by atoms with Gasteiger partial charge in [-0.05, 0) is 24.5 Å². The summed E-state index contributed by atoms with van der Waals surface area (Å²) in [5.74, 6) is 1.50. The second-order valence-electron chi connectivity index (χ2n) is 11.1. The Bertz CT molecular complexity index is 1620. The smallest absolute Gasteiger partial charge is 0.214 e. The number of ketones is 1. The predicted octanol–water partition coefficient (Wildman–Crippen LogP) is 5.81. The van der Waals surface area contributed by atoms with Gasteiger partial charge in [0, 0.05) is 42.8 Å². The van der Waals surface area contributed by atoms with Crippen LogP contribution in [-0.4, -0.2) is 44.6 Å². The van der Waals surface area contributed by atoms with Gasteiger partial charge in [-0.3, -0.25) is 9.20 Å². The number of hydrogen-bond donors (Lipinski definition) is 0. The number of imidazole rings is 1. The summed E-state index contributed by atoms with van der Waals surface area (Å²) in [6.45, 7) is 6.70. The molecule has 1 aliphatic rings. The first-order valence-electron chi connectivity index (χ1n) is 12.8. The maximum absolute atomic E-state index is 12.6. The molecule has 0 spiro atoms. The fourth-order valence-corrected chi connectivity index (χ4v) is 5.35. The van der Waals surface area contributed by atoms with Gasteiger partial charge >= 0.3 is 0 Å². The van der Waals surface area contributed by atoms with E-state index in [0.29, 0.717) is 24.6 Å². The fourth-order valence-electron chi connectivity index (χ4n) is 4.37. The van der Waals surface area contributed by atoms with E-state index in [-0.39, 0.29) is 23.2 Å². The Morgan fingerprint density at radius 2 is 1.89 bits per heavy atom. The molecule has 0 amide bonds. The number of methoxy groups -OCH3 is 1. The number of rotatable bonds is 9. The molecule has 5 aromatic rings. The van der Waals surface area contributed by atoms with Crippen molar-refractivity contribution in [1.82, 2.24) is 19.5 Å². The van der Waals surface area contributed by atoms with Crippen LogP contribution in [0.1, 0.15) is 50.6 Å². The molecule has 9 heteroatoms. The molecule has 38 heavy (non-hydrogen) atoms. The minimum Gasteiger partial charge on any atom is -0.475 e. The highest BCUT2D eigenvalue weighted by molar-refractivity contribution is 7.23. The van der Waals surface area contributed by atoms with E-state index >= 15 is 0 Å². The molecule has 8 nitrogen and oxygen atoms in total. The topological polar surface area (TPSA) is 91.8 Å². The monoisotopic (exact) mass is 530 g/mol. The Balaban J connectivity index is 1.12. The van der Waals surface area contributed by atoms with E-state index < -0.39 is 0 Å². The standard InChI is InChI=1S/C29H30N4O4S/c1-28(2,3)24-15-20(32-37-24)14-21(34)13-18-5-7-19(8-6-18)22-16-33-23-9-10-25(31-26(23)38-27(33)30-22)36-17-29(35-4)11-12-29/h5-10,15-16H,11-14,17H2,1-4H3. The third kappa shape index (κ3) is 4.96. The minimum absolute atomic E-state index is 0.103. The zero-order valence-corrected chi connectivity index (χ0v) is 22.8. The Hall–Kier alpha value is -3.56. The average Bonchev–Trinajstić information content (AvgIpc) is 3.16. The summed E-state index contributed by atoms with van der Waals surface area (Å²) >= 11 is 1.53. The van der Waals surface area contributed by atoms with Crippen molar-refractivity contribution in [3.63, 3.8) is 0 Å². The van der Waals surface area contributed by atoms with E-state index in [4.69, 9.17) is 19.0 Å². The van der Waals surface area contributed by atoms with Crippen molar-refractivity contribution in [2.75, 3.05) is 13.7 Å². The van der Waals surface area contributed by atoms with Crippen LogP contribution in [0.4, 0.5) is 0 Å². The summed E-state index contributed by atoms with van der Waals surface area (Å²) < 4.78 is 18.9. The third-order valence-corrected chi connectivity index (χ3v) is 7.95. The van der Waals surface area contributed by atoms with Crippen LogP contribution in [0.25, 0.3) is 26.6 Å². The molecule has 0 saturated heterocycles. The second-order valence-corrected chi connectivity index (χ2v) is 12.0. The summed E-state index contributed by atoms with van der Waals surface area (Å²) in [5, 5.41) is 4.06. The lowest BCUT2D eigenvalue weighted by molar-refractivity contribution is -0.117. The zero-order chi connectivity index (χ0) is 26.5. The molecule has 0 radical (unpaired) electrons. The molecule has 0 aliphatic heterocycles. The second kappa shape index (κ2) is 9.32. The first-order valence-corrected chi connectivity index (χ1v) is 13.6. The van der Waals surface area contributed by atoms with E-state index in [1.165, 1.54) is 11.3 Å². The number of hydrogen-bond acceptors (Lipinski definition) is 8. The van der Waals surface area contributed by atoms with Gasteiger partial charge in [-0.1, -0.05) is 61.5 Å². The molecule has 0 N–H and O–H groups in total. The number of thiazole rings is 1. The van der Waals surface area contributed by atoms with Crippen LogP contribution < -0.4 is 4.74 Å². The van der Waals surface area contributed by atoms with Crippen LogP contribution in [0, 0.1) is 0 Å². The van der Waals surface area contributed by atoms with Gasteiger partial charge in [0.05, 0.1) is 23.3 Å². The van der Waals surface area contributed by atoms with Gasteiger partial charge in [0.15, 0.2) is 4.96 Å². The van der Waals surface area contributed by atoms with Crippen LogP contribution in [-0.2, 0) is 27.8 Å². The van der Waals surface area contributed by atoms with Crippen LogP contribution in [0.3, 0.4) is 0 Å². The lowest BCUT2D eigenvalue weighted by Gasteiger charge is -2.13. The van der Waals surface area contributed by atoms with Crippen molar-refractivity contribution in [3.05, 3.63) is 65.7 Å². The summed E-state index contributed by atoms with van der Waals surface area (Å²) in [6, 6.07) is 13.8. The van der Waals surface area contributed by atoms with Gasteiger partial charge < -0.3 is 14.0 Å². The Morgan fingerprint density at radius 1 is 1.11 bits per heavy atom. The molecule has 1 saturated carbocycles. The minimum atomic E-state index is -0.133. The molecule has 1 aliphatic carbocycles. The maximum atomic E-state index is 12.6. The van der Waals surface area contributed by atoms with Gasteiger partial charge in [-0.25, -0.2) is 9.97 Å². The highest BCUT2D eigenvalue weighted by atomic mass is 32.1. The predicted molar refractivity (Wildman–Crippen MR) is 146 cm³/mol. The lowest BCUT2D eigenvalue weighted by atomic mass is 9.93. The molecule has 4 aromatic heterocycles. The van der Waals surface area contributed by atoms with E-state index in [1.54, 1.807) is 7.11 Å². The zero-order valence-electron chi connectivity index (χ0n) is 22.0. The van der Waals surface area contributed by atoms with Crippen molar-refractivity contribution in [3.8, 4) is 17.1 Å². The number of carbonyl (C=O) groups excluding carboxylic acids is 1. The van der Waals surface area contributed by atoms with Gasteiger partial charge in [0.1, 0.15) is 28.6 Å². The van der Waals surface area contributed by atoms with Gasteiger partial charge in [0.2, 0.25) is 5.88 Å². The average molecular weight is 531 g/mol. The Kier molecular flexibility index (Phi) is 6.07. The third-order valence-electron chi connectivity index (χ3n) is 6.99. The van der Waals surface area contributed by atoms with E-state index in [0.717, 1.165) is 50.7 Å². The number of ether oxygens (including phenoxy) is 2. The molecule has 6 rings (SSSR count). The fraction of sp³-hybridized carbons (Fsp3) is 0.379. The quantitative estimate of drug-likeness (QED) is 0.237. The van der Waals surface area contributed by atoms with Gasteiger partial charge in [-0.2, -0.15) is 0 Å². The number of carbonyl (C=O) groups is 1. The maximum Gasteiger partial charge on any atom is 0.214 e. The van der Waals surface area contributed by atoms with Crippen LogP contribution >= 0.6 is 11.3 Å². The summed E-state index contributed by atoms with van der Waals surface area (Å²) in [5.41, 5.74) is 4.25. The summed E-state index contributed by atoms with van der Waals surface area (Å²) in [6.07, 6.45) is 4.69. The van der Waals surface area contributed by atoms with Gasteiger partial charge in [-0.15, -0.1) is 0 Å². The van der Waals surface area contributed by atoms with E-state index in [1.807, 2.05) is 48.7 Å². The number of aromatic nitrogens is 4. The lowest BCUT2D eigenvalue weighted by Crippen LogP contribution is -2.21. The summed E-state index contributed by atoms with van der Waals surface area (Å²) in [7, 11) is 1.73. The molecule has 4 heterocycles. The van der Waals surface area contributed by atoms with Crippen LogP contribution in [0.15, 0.2) is 53.2 Å². The summed E-state index contributed by atoms with van der Waals surface area (Å²) in [4.78, 5) is 23.9. The number of pyridine rings is 1. The molecule has 1 fully saturated rings. The Labute approximate surface area is 224 Å². The number of fused-ring (bicyclic) bond motifs is 3. The largest absolute Gasteiger partial charge is 0.475 e. The SMILES string of the molecule is COC1(COc2ccc3c(n2)sc2nc(-c4ccc(CC(=O)Cc5cc(C(C)(C)C)on5)cc4)cn23)CC1. The van der Waals surface area contributed by atoms with Crippen LogP contribution in [0.2, 0.25) is 0 Å². The number of nitrogens with zero attached hydrogens (tertiary/aromatic N) is 4. The number of Topliss-reactive ketones (excluding diaryl/α,β-unsaturated/α-hetero) is 1. The highest BCUT2D eigenvalue weighted by Crippen LogP contribution is 2.39. The van der Waals surface area contributed by atoms with E-state index in [9.17, 15) is 4.79 Å². The van der Waals surface area contributed by atoms with Crippen molar-refractivity contribution in [2.24, 2.45) is 0 Å². The molecule has 1 aromatic carbocycles. The van der Waals surface area contributed by atoms with Crippen molar-refractivity contribution in [2.45, 2.75) is 57.5 Å². The van der Waals surface area contributed by atoms with Crippen molar-refractivity contribution < 1.29 is 18.8 Å². The van der Waals surface area contributed by atoms with Gasteiger partial charge in [0.25, 0.3) is 0 Å². The Morgan fingerprint density at radius 3 is 2.58 bits per heavy atom. The van der Waals surface area contributed by atoms with Crippen LogP contribution in [0.5, 0.6) is 5.88 Å². The molecule has 0 unspecified atom stereocenters. The molecule has 0 bridgehead atoms. The normalized spacial score (nSPS) is 14.8. The molecular formula is C29H30N4O4S. The van der Waals surface area contributed by atoms with E-state index in [2.05, 4.69) is 35.3 Å². The highest BCUT2D eigenvalue weighted by Gasteiger charge is 2.44. The first-order chi connectivity index (χ1) is 18.2.